The van der Waals surface area contributed by atoms with Gasteiger partial charge in [-0.2, -0.15) is 0 Å². The molecule has 0 aliphatic carbocycles. The smallest absolute Gasteiger partial charge is 0.238 e. The molecule has 4 rings (SSSR count). The molecule has 2 fully saturated rings. The summed E-state index contributed by atoms with van der Waals surface area (Å²) >= 11 is 0. The number of methoxy groups -OCH3 is 1. The van der Waals surface area contributed by atoms with Crippen molar-refractivity contribution < 1.29 is 14.3 Å². The topological polar surface area (TPSA) is 65.1 Å². The van der Waals surface area contributed by atoms with Crippen LogP contribution in [-0.4, -0.2) is 74.5 Å². The van der Waals surface area contributed by atoms with E-state index in [2.05, 4.69) is 21.2 Å². The molecule has 7 nitrogen and oxygen atoms in total. The molecule has 33 heavy (non-hydrogen) atoms. The highest BCUT2D eigenvalue weighted by molar-refractivity contribution is 5.92. The molecule has 176 valence electrons. The Morgan fingerprint density at radius 3 is 2.27 bits per heavy atom. The standard InChI is InChI=1S/C26H34N4O3/c1-20-7-9-22(10-8-20)27-25(31)19-28-13-11-21(12-14-28)26(32)30-17-15-29(16-18-30)23-5-3-4-6-24(23)33-2/h3-10,21H,11-19H2,1-2H3,(H,27,31). The zero-order chi connectivity index (χ0) is 23.2. The van der Waals surface area contributed by atoms with Gasteiger partial charge in [0.25, 0.3) is 0 Å². The van der Waals surface area contributed by atoms with E-state index in [1.165, 1.54) is 5.56 Å². The Balaban J connectivity index is 1.21. The number of carbonyl (C=O) groups excluding carboxylic acids is 2. The van der Waals surface area contributed by atoms with Crippen molar-refractivity contribution in [3.8, 4) is 5.75 Å². The van der Waals surface area contributed by atoms with E-state index in [1.54, 1.807) is 7.11 Å². The summed E-state index contributed by atoms with van der Waals surface area (Å²) in [4.78, 5) is 31.9. The van der Waals surface area contributed by atoms with Gasteiger partial charge < -0.3 is 19.9 Å². The van der Waals surface area contributed by atoms with Crippen molar-refractivity contribution in [1.82, 2.24) is 9.80 Å². The molecule has 0 aromatic heterocycles. The monoisotopic (exact) mass is 450 g/mol. The summed E-state index contributed by atoms with van der Waals surface area (Å²) in [5.41, 5.74) is 3.08. The third kappa shape index (κ3) is 5.85. The van der Waals surface area contributed by atoms with Crippen LogP contribution in [0.15, 0.2) is 48.5 Å². The lowest BCUT2D eigenvalue weighted by Crippen LogP contribution is -2.52. The van der Waals surface area contributed by atoms with Crippen LogP contribution in [0.3, 0.4) is 0 Å². The Kier molecular flexibility index (Phi) is 7.50. The molecular weight excluding hydrogens is 416 g/mol. The lowest BCUT2D eigenvalue weighted by atomic mass is 9.95. The Morgan fingerprint density at radius 1 is 0.939 bits per heavy atom. The summed E-state index contributed by atoms with van der Waals surface area (Å²) in [5, 5.41) is 2.96. The van der Waals surface area contributed by atoms with E-state index in [4.69, 9.17) is 4.74 Å². The summed E-state index contributed by atoms with van der Waals surface area (Å²) in [7, 11) is 1.69. The van der Waals surface area contributed by atoms with Gasteiger partial charge in [0, 0.05) is 37.8 Å². The van der Waals surface area contributed by atoms with E-state index >= 15 is 0 Å². The summed E-state index contributed by atoms with van der Waals surface area (Å²) in [6.07, 6.45) is 1.62. The number of hydrogen-bond donors (Lipinski definition) is 1. The lowest BCUT2D eigenvalue weighted by molar-refractivity contribution is -0.137. The second-order valence-electron chi connectivity index (χ2n) is 8.95. The molecule has 2 amide bonds. The van der Waals surface area contributed by atoms with Crippen LogP contribution in [0, 0.1) is 12.8 Å². The van der Waals surface area contributed by atoms with Crippen molar-refractivity contribution >= 4 is 23.2 Å². The van der Waals surface area contributed by atoms with E-state index < -0.39 is 0 Å². The summed E-state index contributed by atoms with van der Waals surface area (Å²) in [6.45, 7) is 7.03. The van der Waals surface area contributed by atoms with E-state index in [0.29, 0.717) is 6.54 Å². The molecule has 2 aliphatic heterocycles. The van der Waals surface area contributed by atoms with E-state index in [0.717, 1.165) is 69.2 Å². The largest absolute Gasteiger partial charge is 0.495 e. The molecule has 2 aromatic carbocycles. The number of likely N-dealkylation sites (tertiary alicyclic amines) is 1. The molecule has 2 aromatic rings. The zero-order valence-corrected chi connectivity index (χ0v) is 19.6. The summed E-state index contributed by atoms with van der Waals surface area (Å²) in [6, 6.07) is 15.9. The number of piperazine rings is 1. The molecule has 0 atom stereocenters. The predicted octanol–water partition coefficient (Wildman–Crippen LogP) is 3.00. The second-order valence-corrected chi connectivity index (χ2v) is 8.95. The summed E-state index contributed by atoms with van der Waals surface area (Å²) < 4.78 is 5.49. The number of rotatable bonds is 6. The number of amides is 2. The average molecular weight is 451 g/mol. The van der Waals surface area contributed by atoms with Crippen molar-refractivity contribution in [2.24, 2.45) is 5.92 Å². The Hall–Kier alpha value is -3.06. The number of ether oxygens (including phenoxy) is 1. The first-order valence-electron chi connectivity index (χ1n) is 11.8. The second kappa shape index (κ2) is 10.7. The highest BCUT2D eigenvalue weighted by Crippen LogP contribution is 2.29. The van der Waals surface area contributed by atoms with Crippen LogP contribution in [0.1, 0.15) is 18.4 Å². The highest BCUT2D eigenvalue weighted by Gasteiger charge is 2.31. The predicted molar refractivity (Wildman–Crippen MR) is 131 cm³/mol. The highest BCUT2D eigenvalue weighted by atomic mass is 16.5. The normalized spacial score (nSPS) is 17.6. The first kappa shape index (κ1) is 23.1. The van der Waals surface area contributed by atoms with Crippen molar-refractivity contribution in [3.63, 3.8) is 0 Å². The minimum absolute atomic E-state index is 0.00362. The van der Waals surface area contributed by atoms with Crippen molar-refractivity contribution in [3.05, 3.63) is 54.1 Å². The van der Waals surface area contributed by atoms with Crippen LogP contribution in [0.2, 0.25) is 0 Å². The molecule has 1 N–H and O–H groups in total. The van der Waals surface area contributed by atoms with Gasteiger partial charge in [-0.25, -0.2) is 0 Å². The van der Waals surface area contributed by atoms with Gasteiger partial charge >= 0.3 is 0 Å². The molecule has 2 saturated heterocycles. The number of aryl methyl sites for hydroxylation is 1. The number of nitrogens with zero attached hydrogens (tertiary/aromatic N) is 3. The average Bonchev–Trinajstić information content (AvgIpc) is 2.85. The van der Waals surface area contributed by atoms with Crippen molar-refractivity contribution in [2.75, 3.05) is 63.1 Å². The molecular formula is C26H34N4O3. The van der Waals surface area contributed by atoms with Crippen LogP contribution in [0.4, 0.5) is 11.4 Å². The number of hydrogen-bond acceptors (Lipinski definition) is 5. The van der Waals surface area contributed by atoms with Crippen molar-refractivity contribution in [2.45, 2.75) is 19.8 Å². The quantitative estimate of drug-likeness (QED) is 0.733. The van der Waals surface area contributed by atoms with Crippen LogP contribution in [0.25, 0.3) is 0 Å². The SMILES string of the molecule is COc1ccccc1N1CCN(C(=O)C2CCN(CC(=O)Nc3ccc(C)cc3)CC2)CC1. The number of carbonyl (C=O) groups is 2. The fraction of sp³-hybridized carbons (Fsp3) is 0.462. The molecule has 0 bridgehead atoms. The fourth-order valence-electron chi connectivity index (χ4n) is 4.70. The molecule has 0 unspecified atom stereocenters. The minimum atomic E-state index is -0.00362. The van der Waals surface area contributed by atoms with Gasteiger partial charge in [0.1, 0.15) is 5.75 Å². The Bertz CT molecular complexity index is 946. The van der Waals surface area contributed by atoms with Gasteiger partial charge in [-0.1, -0.05) is 29.8 Å². The number of anilines is 2. The molecule has 0 spiro atoms. The number of benzene rings is 2. The van der Waals surface area contributed by atoms with E-state index in [-0.39, 0.29) is 17.7 Å². The fourth-order valence-corrected chi connectivity index (χ4v) is 4.70. The van der Waals surface area contributed by atoms with Crippen molar-refractivity contribution in [1.29, 1.82) is 0 Å². The molecule has 7 heteroatoms. The van der Waals surface area contributed by atoms with Gasteiger partial charge in [0.2, 0.25) is 11.8 Å². The van der Waals surface area contributed by atoms with Gasteiger partial charge in [-0.15, -0.1) is 0 Å². The van der Waals surface area contributed by atoms with E-state index in [9.17, 15) is 9.59 Å². The van der Waals surface area contributed by atoms with Crippen LogP contribution in [-0.2, 0) is 9.59 Å². The maximum atomic E-state index is 13.1. The molecule has 0 radical (unpaired) electrons. The van der Waals surface area contributed by atoms with Crippen LogP contribution in [0.5, 0.6) is 5.75 Å². The Labute approximate surface area is 196 Å². The minimum Gasteiger partial charge on any atom is -0.495 e. The summed E-state index contributed by atoms with van der Waals surface area (Å²) in [5.74, 6) is 1.19. The maximum Gasteiger partial charge on any atom is 0.238 e. The first-order chi connectivity index (χ1) is 16.0. The third-order valence-corrected chi connectivity index (χ3v) is 6.66. The Morgan fingerprint density at radius 2 is 1.61 bits per heavy atom. The number of para-hydroxylation sites is 2. The van der Waals surface area contributed by atoms with Gasteiger partial charge in [-0.3, -0.25) is 14.5 Å². The molecule has 2 aliphatic rings. The maximum absolute atomic E-state index is 13.1. The van der Waals surface area contributed by atoms with Crippen LogP contribution >= 0.6 is 0 Å². The number of nitrogens with one attached hydrogen (secondary N) is 1. The van der Waals surface area contributed by atoms with Gasteiger partial charge in [0.15, 0.2) is 0 Å². The third-order valence-electron chi connectivity index (χ3n) is 6.66. The first-order valence-corrected chi connectivity index (χ1v) is 11.8. The lowest BCUT2D eigenvalue weighted by Gasteiger charge is -2.39. The van der Waals surface area contributed by atoms with Gasteiger partial charge in [0.05, 0.1) is 19.3 Å². The number of piperidine rings is 1. The van der Waals surface area contributed by atoms with Gasteiger partial charge in [-0.05, 0) is 57.1 Å². The zero-order valence-electron chi connectivity index (χ0n) is 19.6. The van der Waals surface area contributed by atoms with Crippen LogP contribution < -0.4 is 15.0 Å². The molecule has 0 saturated carbocycles. The van der Waals surface area contributed by atoms with E-state index in [1.807, 2.05) is 54.3 Å². The molecule has 2 heterocycles.